The third kappa shape index (κ3) is 7.52. The molecule has 3 aromatic rings. The lowest BCUT2D eigenvalue weighted by atomic mass is 10.1. The largest absolute Gasteiger partial charge is 0.485 e. The molecule has 0 aliphatic rings. The monoisotopic (exact) mass is 566 g/mol. The van der Waals surface area contributed by atoms with Gasteiger partial charge in [0.2, 0.25) is 0 Å². The molecule has 10 heteroatoms. The van der Waals surface area contributed by atoms with Gasteiger partial charge in [-0.3, -0.25) is 9.59 Å². The molecule has 0 aliphatic carbocycles. The van der Waals surface area contributed by atoms with Crippen LogP contribution >= 0.6 is 50.7 Å². The van der Waals surface area contributed by atoms with Gasteiger partial charge in [-0.2, -0.15) is 0 Å². The van der Waals surface area contributed by atoms with Gasteiger partial charge < -0.3 is 4.74 Å². The quantitative estimate of drug-likeness (QED) is 0.227. The van der Waals surface area contributed by atoms with Gasteiger partial charge in [-0.25, -0.2) is 13.2 Å². The zero-order chi connectivity index (χ0) is 23.8. The topological polar surface area (TPSA) is 43.4 Å². The summed E-state index contributed by atoms with van der Waals surface area (Å²) in [5.41, 5.74) is 0.642. The molecule has 0 heterocycles. The second-order valence-corrected chi connectivity index (χ2v) is 7.88. The van der Waals surface area contributed by atoms with Crippen LogP contribution in [-0.4, -0.2) is 23.5 Å². The summed E-state index contributed by atoms with van der Waals surface area (Å²) < 4.78 is 43.7. The Morgan fingerprint density at radius 2 is 1.16 bits per heavy atom. The van der Waals surface area contributed by atoms with Crippen molar-refractivity contribution >= 4 is 62.3 Å². The molecular formula is C22H13BrCl3F3O3. The molecule has 0 saturated carbocycles. The van der Waals surface area contributed by atoms with E-state index in [1.54, 1.807) is 0 Å². The van der Waals surface area contributed by atoms with Crippen LogP contribution in [0.3, 0.4) is 0 Å². The van der Waals surface area contributed by atoms with Crippen molar-refractivity contribution in [3.05, 3.63) is 98.2 Å². The van der Waals surface area contributed by atoms with Gasteiger partial charge in [-0.1, -0.05) is 50.7 Å². The summed E-state index contributed by atoms with van der Waals surface area (Å²) in [5, 5.41) is -0.0446. The molecule has 168 valence electrons. The van der Waals surface area contributed by atoms with E-state index in [1.165, 1.54) is 42.5 Å². The number of hydrogen-bond acceptors (Lipinski definition) is 3. The molecule has 0 fully saturated rings. The van der Waals surface area contributed by atoms with Crippen LogP contribution in [0.5, 0.6) is 5.75 Å². The second-order valence-electron chi connectivity index (χ2n) is 6.10. The maximum atomic E-state index is 13.0. The van der Waals surface area contributed by atoms with Crippen LogP contribution in [0.15, 0.2) is 54.6 Å². The SMILES string of the molecule is O=C(CBr)c1ccc(F)c(Cl)c1.O=C(COc1ccc(F)c(Cl)c1)c1ccc(F)c(Cl)c1. The fraction of sp³-hybridized carbons (Fsp3) is 0.0909. The molecule has 3 aromatic carbocycles. The molecule has 0 atom stereocenters. The average molecular weight is 569 g/mol. The lowest BCUT2D eigenvalue weighted by Crippen LogP contribution is -2.11. The zero-order valence-electron chi connectivity index (χ0n) is 16.0. The smallest absolute Gasteiger partial charge is 0.200 e. The average Bonchev–Trinajstić information content (AvgIpc) is 2.78. The van der Waals surface area contributed by atoms with Gasteiger partial charge in [-0.15, -0.1) is 0 Å². The number of benzene rings is 3. The Bertz CT molecular complexity index is 1140. The predicted molar refractivity (Wildman–Crippen MR) is 122 cm³/mol. The fourth-order valence-corrected chi connectivity index (χ4v) is 3.07. The first-order valence-corrected chi connectivity index (χ1v) is 11.0. The van der Waals surface area contributed by atoms with E-state index >= 15 is 0 Å². The van der Waals surface area contributed by atoms with Gasteiger partial charge in [0, 0.05) is 17.2 Å². The molecule has 0 radical (unpaired) electrons. The Kier molecular flexibility index (Phi) is 10.0. The summed E-state index contributed by atoms with van der Waals surface area (Å²) in [6.07, 6.45) is 0. The van der Waals surface area contributed by atoms with Gasteiger partial charge in [0.15, 0.2) is 18.2 Å². The first kappa shape index (κ1) is 26.2. The van der Waals surface area contributed by atoms with E-state index in [0.29, 0.717) is 5.56 Å². The molecule has 0 aromatic heterocycles. The second kappa shape index (κ2) is 12.3. The number of carbonyl (C=O) groups excluding carboxylic acids is 2. The molecule has 0 saturated heterocycles. The van der Waals surface area contributed by atoms with Crippen molar-refractivity contribution in [3.63, 3.8) is 0 Å². The van der Waals surface area contributed by atoms with E-state index < -0.39 is 17.5 Å². The van der Waals surface area contributed by atoms with E-state index in [1.807, 2.05) is 0 Å². The van der Waals surface area contributed by atoms with Crippen molar-refractivity contribution < 1.29 is 27.5 Å². The Labute approximate surface area is 205 Å². The lowest BCUT2D eigenvalue weighted by Gasteiger charge is -2.06. The fourth-order valence-electron chi connectivity index (χ4n) is 2.22. The van der Waals surface area contributed by atoms with E-state index in [0.717, 1.165) is 12.1 Å². The first-order valence-electron chi connectivity index (χ1n) is 8.72. The van der Waals surface area contributed by atoms with Crippen LogP contribution in [0, 0.1) is 17.5 Å². The zero-order valence-corrected chi connectivity index (χ0v) is 19.8. The lowest BCUT2D eigenvalue weighted by molar-refractivity contribution is 0.0921. The summed E-state index contributed by atoms with van der Waals surface area (Å²) >= 11 is 19.7. The van der Waals surface area contributed by atoms with E-state index in [2.05, 4.69) is 15.9 Å². The molecule has 3 rings (SSSR count). The number of ether oxygens (including phenoxy) is 1. The minimum Gasteiger partial charge on any atom is -0.485 e. The maximum Gasteiger partial charge on any atom is 0.200 e. The summed E-state index contributed by atoms with van der Waals surface area (Å²) in [6.45, 7) is -0.288. The van der Waals surface area contributed by atoms with Crippen LogP contribution in [0.4, 0.5) is 13.2 Å². The molecule has 0 N–H and O–H groups in total. The van der Waals surface area contributed by atoms with E-state index in [4.69, 9.17) is 39.5 Å². The van der Waals surface area contributed by atoms with Gasteiger partial charge >= 0.3 is 0 Å². The number of Topliss-reactive ketones (excluding diaryl/α,β-unsaturated/α-hetero) is 2. The van der Waals surface area contributed by atoms with Crippen molar-refractivity contribution in [2.24, 2.45) is 0 Å². The van der Waals surface area contributed by atoms with Gasteiger partial charge in [-0.05, 0) is 48.5 Å². The Balaban J connectivity index is 0.000000258. The predicted octanol–water partition coefficient (Wildman–Crippen LogP) is 7.59. The van der Waals surface area contributed by atoms with Crippen LogP contribution in [0.1, 0.15) is 20.7 Å². The highest BCUT2D eigenvalue weighted by atomic mass is 79.9. The van der Waals surface area contributed by atoms with Crippen LogP contribution in [0.2, 0.25) is 15.1 Å². The number of rotatable bonds is 6. The number of alkyl halides is 1. The van der Waals surface area contributed by atoms with Gasteiger partial charge in [0.25, 0.3) is 0 Å². The van der Waals surface area contributed by atoms with Crippen LogP contribution < -0.4 is 4.74 Å². The standard InChI is InChI=1S/C14H8Cl2F2O2.C8H5BrClFO/c15-10-5-8(1-3-12(10)17)14(19)7-20-9-2-4-13(18)11(16)6-9;9-4-8(12)5-1-2-7(11)6(10)3-5/h1-6H,7H2;1-3H,4H2. The summed E-state index contributed by atoms with van der Waals surface area (Å²) in [6, 6.07) is 11.3. The molecule has 0 aliphatic heterocycles. The minimum atomic E-state index is -0.602. The van der Waals surface area contributed by atoms with Crippen LogP contribution in [-0.2, 0) is 0 Å². The van der Waals surface area contributed by atoms with Crippen molar-refractivity contribution in [2.75, 3.05) is 11.9 Å². The normalized spacial score (nSPS) is 10.2. The maximum absolute atomic E-state index is 13.0. The summed E-state index contributed by atoms with van der Waals surface area (Å²) in [7, 11) is 0. The Morgan fingerprint density at radius 3 is 1.59 bits per heavy atom. The summed E-state index contributed by atoms with van der Waals surface area (Å²) in [5.74, 6) is -1.92. The van der Waals surface area contributed by atoms with E-state index in [9.17, 15) is 22.8 Å². The van der Waals surface area contributed by atoms with Gasteiger partial charge in [0.1, 0.15) is 23.2 Å². The van der Waals surface area contributed by atoms with Crippen molar-refractivity contribution in [1.82, 2.24) is 0 Å². The molecule has 0 amide bonds. The molecule has 0 bridgehead atoms. The molecule has 0 spiro atoms. The molecular weight excluding hydrogens is 555 g/mol. The highest BCUT2D eigenvalue weighted by Gasteiger charge is 2.11. The number of hydrogen-bond donors (Lipinski definition) is 0. The highest BCUT2D eigenvalue weighted by molar-refractivity contribution is 9.09. The molecule has 0 unspecified atom stereocenters. The molecule has 3 nitrogen and oxygen atoms in total. The van der Waals surface area contributed by atoms with E-state index in [-0.39, 0.29) is 49.9 Å². The first-order chi connectivity index (χ1) is 15.1. The number of halogens is 7. The number of carbonyl (C=O) groups is 2. The van der Waals surface area contributed by atoms with Crippen molar-refractivity contribution in [3.8, 4) is 5.75 Å². The Hall–Kier alpha value is -2.06. The minimum absolute atomic E-state index is 0.0261. The highest BCUT2D eigenvalue weighted by Crippen LogP contribution is 2.22. The third-order valence-corrected chi connectivity index (χ3v) is 5.24. The van der Waals surface area contributed by atoms with Crippen molar-refractivity contribution in [1.29, 1.82) is 0 Å². The van der Waals surface area contributed by atoms with Crippen molar-refractivity contribution in [2.45, 2.75) is 0 Å². The summed E-state index contributed by atoms with van der Waals surface area (Å²) in [4.78, 5) is 22.9. The molecule has 32 heavy (non-hydrogen) atoms. The van der Waals surface area contributed by atoms with Gasteiger partial charge in [0.05, 0.1) is 20.4 Å². The third-order valence-electron chi connectivity index (χ3n) is 3.87. The number of ketones is 2. The Morgan fingerprint density at radius 1 is 0.719 bits per heavy atom. The van der Waals surface area contributed by atoms with Crippen LogP contribution in [0.25, 0.3) is 0 Å².